The van der Waals surface area contributed by atoms with E-state index >= 15 is 0 Å². The number of nitrogens with zero attached hydrogens (tertiary/aromatic N) is 3. The smallest absolute Gasteiger partial charge is 0.350 e. The van der Waals surface area contributed by atoms with Crippen LogP contribution in [0.15, 0.2) is 6.20 Å². The van der Waals surface area contributed by atoms with Gasteiger partial charge >= 0.3 is 11.6 Å². The highest BCUT2D eigenvalue weighted by atomic mass is 16.6. The molecule has 1 aliphatic rings. The summed E-state index contributed by atoms with van der Waals surface area (Å²) in [5.41, 5.74) is -1.10. The van der Waals surface area contributed by atoms with Gasteiger partial charge in [-0.3, -0.25) is 14.8 Å². The molecule has 19 heavy (non-hydrogen) atoms. The van der Waals surface area contributed by atoms with E-state index in [4.69, 9.17) is 4.74 Å². The van der Waals surface area contributed by atoms with Crippen LogP contribution in [0.3, 0.4) is 0 Å². The van der Waals surface area contributed by atoms with E-state index in [0.717, 1.165) is 0 Å². The molecule has 0 aromatic carbocycles. The Balaban J connectivity index is 2.29. The Kier molecular flexibility index (Phi) is 3.16. The summed E-state index contributed by atoms with van der Waals surface area (Å²) < 4.78 is 7.02. The van der Waals surface area contributed by atoms with Gasteiger partial charge in [0.25, 0.3) is 0 Å². The molecule has 1 fully saturated rings. The Bertz CT molecular complexity index is 511. The Labute approximate surface area is 113 Å². The first-order chi connectivity index (χ1) is 8.61. The predicted molar refractivity (Wildman–Crippen MR) is 76.8 cm³/mol. The van der Waals surface area contributed by atoms with Gasteiger partial charge < -0.3 is 9.84 Å². The molecule has 0 radical (unpaired) electrons. The molecule has 0 unspecified atom stereocenters. The summed E-state index contributed by atoms with van der Waals surface area (Å²) in [6.45, 7) is 1.66. The van der Waals surface area contributed by atoms with Crippen molar-refractivity contribution in [1.29, 1.82) is 0 Å². The standard InChI is InChI=1S/C9H16B3N3O4/c1-8(16)3-2-6(8)19-7-5(15(17)18)4-14(13-7)9(10,11)12/h4,6,16H,2-3,10-12H2,1H3/t6-,8-/m1/s1. The molecule has 100 valence electrons. The summed E-state index contributed by atoms with van der Waals surface area (Å²) in [4.78, 5) is 10.5. The lowest BCUT2D eigenvalue weighted by Gasteiger charge is -2.41. The van der Waals surface area contributed by atoms with E-state index in [2.05, 4.69) is 5.10 Å². The number of nitro groups is 1. The third kappa shape index (κ3) is 2.63. The average Bonchev–Trinajstić information content (AvgIpc) is 2.68. The molecule has 2 atom stereocenters. The van der Waals surface area contributed by atoms with Crippen LogP contribution >= 0.6 is 0 Å². The number of hydrogen-bond acceptors (Lipinski definition) is 5. The third-order valence-electron chi connectivity index (χ3n) is 3.41. The van der Waals surface area contributed by atoms with Gasteiger partial charge in [-0.05, 0) is 25.0 Å². The topological polar surface area (TPSA) is 90.4 Å². The normalized spacial score (nSPS) is 26.7. The van der Waals surface area contributed by atoms with Crippen molar-refractivity contribution >= 4 is 29.2 Å². The average molecular weight is 263 g/mol. The van der Waals surface area contributed by atoms with Gasteiger partial charge in [0.2, 0.25) is 0 Å². The Morgan fingerprint density at radius 1 is 1.68 bits per heavy atom. The van der Waals surface area contributed by atoms with Crippen LogP contribution in [-0.2, 0) is 5.24 Å². The fourth-order valence-corrected chi connectivity index (χ4v) is 1.90. The van der Waals surface area contributed by atoms with Gasteiger partial charge in [0.05, 0.1) is 10.5 Å². The third-order valence-corrected chi connectivity index (χ3v) is 3.41. The molecule has 1 aromatic rings. The second-order valence-electron chi connectivity index (χ2n) is 6.19. The molecule has 1 aromatic heterocycles. The van der Waals surface area contributed by atoms with Gasteiger partial charge in [-0.25, -0.2) is 0 Å². The minimum Gasteiger partial charge on any atom is -0.465 e. The minimum absolute atomic E-state index is 0.0232. The Morgan fingerprint density at radius 3 is 2.68 bits per heavy atom. The molecule has 0 amide bonds. The Hall–Kier alpha value is -1.44. The maximum Gasteiger partial charge on any atom is 0.350 e. The van der Waals surface area contributed by atoms with E-state index < -0.39 is 16.6 Å². The lowest BCUT2D eigenvalue weighted by Crippen LogP contribution is -2.52. The van der Waals surface area contributed by atoms with Crippen LogP contribution in [0.5, 0.6) is 5.88 Å². The fourth-order valence-electron chi connectivity index (χ4n) is 1.90. The van der Waals surface area contributed by atoms with Crippen molar-refractivity contribution in [3.8, 4) is 5.88 Å². The number of hydrogen-bond donors (Lipinski definition) is 1. The summed E-state index contributed by atoms with van der Waals surface area (Å²) in [5, 5.41) is 24.7. The van der Waals surface area contributed by atoms with Crippen molar-refractivity contribution in [2.45, 2.75) is 36.7 Å². The first-order valence-electron chi connectivity index (χ1n) is 6.25. The van der Waals surface area contributed by atoms with Crippen molar-refractivity contribution in [2.75, 3.05) is 0 Å². The molecule has 1 aliphatic carbocycles. The monoisotopic (exact) mass is 263 g/mol. The molecule has 2 rings (SSSR count). The zero-order valence-electron chi connectivity index (χ0n) is 11.6. The second kappa shape index (κ2) is 4.30. The maximum atomic E-state index is 11.0. The highest BCUT2D eigenvalue weighted by Gasteiger charge is 2.44. The first-order valence-corrected chi connectivity index (χ1v) is 6.25. The van der Waals surface area contributed by atoms with Crippen LogP contribution in [0, 0.1) is 10.1 Å². The first kappa shape index (κ1) is 14.0. The van der Waals surface area contributed by atoms with Crippen molar-refractivity contribution < 1.29 is 14.8 Å². The lowest BCUT2D eigenvalue weighted by molar-refractivity contribution is -0.386. The molecule has 1 saturated carbocycles. The molecule has 7 nitrogen and oxygen atoms in total. The van der Waals surface area contributed by atoms with E-state index in [1.807, 2.05) is 23.5 Å². The van der Waals surface area contributed by atoms with Crippen molar-refractivity contribution in [3.05, 3.63) is 16.3 Å². The molecule has 1 N–H and O–H groups in total. The molecule has 0 aliphatic heterocycles. The second-order valence-corrected chi connectivity index (χ2v) is 6.19. The largest absolute Gasteiger partial charge is 0.465 e. The van der Waals surface area contributed by atoms with Gasteiger partial charge in [0.1, 0.15) is 35.8 Å². The molecule has 10 heteroatoms. The van der Waals surface area contributed by atoms with E-state index in [9.17, 15) is 15.2 Å². The molecule has 0 saturated heterocycles. The zero-order valence-corrected chi connectivity index (χ0v) is 11.6. The van der Waals surface area contributed by atoms with Crippen molar-refractivity contribution in [2.24, 2.45) is 0 Å². The van der Waals surface area contributed by atoms with Crippen LogP contribution in [0.4, 0.5) is 5.69 Å². The van der Waals surface area contributed by atoms with E-state index in [1.54, 1.807) is 6.92 Å². The highest BCUT2D eigenvalue weighted by Crippen LogP contribution is 2.37. The van der Waals surface area contributed by atoms with Crippen LogP contribution in [0.1, 0.15) is 19.8 Å². The number of ether oxygens (including phenoxy) is 1. The van der Waals surface area contributed by atoms with Gasteiger partial charge in [0.15, 0.2) is 0 Å². The van der Waals surface area contributed by atoms with Crippen molar-refractivity contribution in [1.82, 2.24) is 9.78 Å². The van der Waals surface area contributed by atoms with E-state index in [1.165, 1.54) is 10.9 Å². The van der Waals surface area contributed by atoms with Crippen LogP contribution in [-0.4, -0.2) is 55.1 Å². The summed E-state index contributed by atoms with van der Waals surface area (Å²) in [6.07, 6.45) is 2.23. The molecule has 0 spiro atoms. The summed E-state index contributed by atoms with van der Waals surface area (Å²) >= 11 is 0. The van der Waals surface area contributed by atoms with E-state index in [-0.39, 0.29) is 16.8 Å². The number of rotatable bonds is 4. The maximum absolute atomic E-state index is 11.0. The van der Waals surface area contributed by atoms with Crippen LogP contribution < -0.4 is 4.74 Å². The van der Waals surface area contributed by atoms with Crippen LogP contribution in [0.25, 0.3) is 0 Å². The molecule has 0 bridgehead atoms. The summed E-state index contributed by atoms with van der Waals surface area (Å²) in [6, 6.07) is 0. The SMILES string of the molecule is BC(B)(B)n1cc([N+](=O)[O-])c(O[C@@H]2CC[C@@]2(C)O)n1. The van der Waals surface area contributed by atoms with Gasteiger partial charge in [-0.15, -0.1) is 5.10 Å². The van der Waals surface area contributed by atoms with Crippen molar-refractivity contribution in [3.63, 3.8) is 0 Å². The number of aromatic nitrogens is 2. The van der Waals surface area contributed by atoms with Gasteiger partial charge in [-0.1, -0.05) is 0 Å². The highest BCUT2D eigenvalue weighted by molar-refractivity contribution is 6.56. The minimum atomic E-state index is -0.931. The summed E-state index contributed by atoms with van der Waals surface area (Å²) in [5.74, 6) is -0.0232. The fraction of sp³-hybridized carbons (Fsp3) is 0.667. The molecular formula is C9H16B3N3O4. The quantitative estimate of drug-likeness (QED) is 0.370. The predicted octanol–water partition coefficient (Wildman–Crippen LogP) is -2.45. The van der Waals surface area contributed by atoms with E-state index in [0.29, 0.717) is 12.8 Å². The zero-order chi connectivity index (χ0) is 14.4. The Morgan fingerprint density at radius 2 is 2.32 bits per heavy atom. The van der Waals surface area contributed by atoms with Gasteiger partial charge in [0, 0.05) is 0 Å². The molecular weight excluding hydrogens is 247 g/mol. The summed E-state index contributed by atoms with van der Waals surface area (Å²) in [7, 11) is 5.69. The molecule has 1 heterocycles. The lowest BCUT2D eigenvalue weighted by atomic mass is 9.49. The van der Waals surface area contributed by atoms with Gasteiger partial charge in [-0.2, -0.15) is 0 Å². The number of aliphatic hydroxyl groups is 1. The van der Waals surface area contributed by atoms with Crippen LogP contribution in [0.2, 0.25) is 0 Å².